The molecule has 0 aromatic heterocycles. The van der Waals surface area contributed by atoms with Gasteiger partial charge in [-0.1, -0.05) is 0 Å². The summed E-state index contributed by atoms with van der Waals surface area (Å²) in [7, 11) is 0. The minimum atomic E-state index is -5.06. The van der Waals surface area contributed by atoms with E-state index in [1.165, 1.54) is 0 Å². The molecule has 3 heterocycles. The van der Waals surface area contributed by atoms with Gasteiger partial charge in [0.25, 0.3) is 0 Å². The highest BCUT2D eigenvalue weighted by Crippen LogP contribution is 2.50. The minimum Gasteiger partial charge on any atom is -0.373 e. The molecule has 3 saturated heterocycles. The molecular weight excluding hydrogens is 368 g/mol. The van der Waals surface area contributed by atoms with Crippen molar-refractivity contribution in [3.05, 3.63) is 29.3 Å². The van der Waals surface area contributed by atoms with E-state index in [0.29, 0.717) is 29.9 Å². The third-order valence-electron chi connectivity index (χ3n) is 5.11. The Balaban J connectivity index is 1.80. The van der Waals surface area contributed by atoms with Gasteiger partial charge in [0, 0.05) is 0 Å². The van der Waals surface area contributed by atoms with E-state index in [0.717, 1.165) is 0 Å². The molecule has 0 saturated carbocycles. The Morgan fingerprint density at radius 3 is 1.62 bits per heavy atom. The van der Waals surface area contributed by atoms with Crippen LogP contribution in [0.2, 0.25) is 0 Å². The molecule has 0 unspecified atom stereocenters. The third-order valence-corrected chi connectivity index (χ3v) is 5.11. The van der Waals surface area contributed by atoms with Crippen LogP contribution in [0, 0.1) is 11.8 Å². The number of halogens is 6. The number of rotatable bonds is 1. The number of fused-ring (bicyclic) bond motifs is 5. The highest BCUT2D eigenvalue weighted by atomic mass is 19.4. The number of hydrogen-bond acceptors (Lipinski definition) is 3. The van der Waals surface area contributed by atoms with Crippen molar-refractivity contribution in [1.82, 2.24) is 0 Å². The number of carbonyl (C=O) groups is 2. The van der Waals surface area contributed by atoms with Gasteiger partial charge in [-0.15, -0.1) is 0 Å². The summed E-state index contributed by atoms with van der Waals surface area (Å²) in [5.74, 6) is -3.30. The quantitative estimate of drug-likeness (QED) is 0.555. The summed E-state index contributed by atoms with van der Waals surface area (Å²) in [6.45, 7) is 0. The number of nitrogens with zero attached hydrogens (tertiary/aromatic N) is 1. The van der Waals surface area contributed by atoms with Gasteiger partial charge >= 0.3 is 12.4 Å². The van der Waals surface area contributed by atoms with Gasteiger partial charge in [-0.05, 0) is 31.0 Å². The van der Waals surface area contributed by atoms with Crippen molar-refractivity contribution in [2.45, 2.75) is 37.4 Å². The number of alkyl halides is 6. The van der Waals surface area contributed by atoms with Crippen molar-refractivity contribution in [2.24, 2.45) is 11.8 Å². The van der Waals surface area contributed by atoms with E-state index in [2.05, 4.69) is 0 Å². The molecule has 2 amide bonds. The summed E-state index contributed by atoms with van der Waals surface area (Å²) in [5.41, 5.74) is -3.85. The fourth-order valence-electron chi connectivity index (χ4n) is 4.03. The van der Waals surface area contributed by atoms with Crippen LogP contribution in [0.15, 0.2) is 18.2 Å². The number of hydrogen-bond donors (Lipinski definition) is 0. The maximum absolute atomic E-state index is 13.0. The van der Waals surface area contributed by atoms with E-state index in [1.807, 2.05) is 0 Å². The zero-order valence-electron chi connectivity index (χ0n) is 12.9. The lowest BCUT2D eigenvalue weighted by Gasteiger charge is -2.21. The number of benzene rings is 1. The van der Waals surface area contributed by atoms with Crippen molar-refractivity contribution in [1.29, 1.82) is 0 Å². The highest BCUT2D eigenvalue weighted by molar-refractivity contribution is 6.22. The van der Waals surface area contributed by atoms with Crippen molar-refractivity contribution in [3.8, 4) is 0 Å². The van der Waals surface area contributed by atoms with Crippen LogP contribution >= 0.6 is 0 Å². The Bertz CT molecular complexity index is 742. The van der Waals surface area contributed by atoms with Crippen LogP contribution in [0.4, 0.5) is 32.0 Å². The first-order valence-corrected chi connectivity index (χ1v) is 7.81. The molecule has 4 atom stereocenters. The molecule has 10 heteroatoms. The summed E-state index contributed by atoms with van der Waals surface area (Å²) < 4.78 is 83.5. The van der Waals surface area contributed by atoms with Crippen LogP contribution in [-0.4, -0.2) is 24.0 Å². The monoisotopic (exact) mass is 379 g/mol. The Morgan fingerprint density at radius 1 is 0.808 bits per heavy atom. The Labute approximate surface area is 142 Å². The highest BCUT2D eigenvalue weighted by Gasteiger charge is 2.62. The fraction of sp³-hybridized carbons (Fsp3) is 0.500. The smallest absolute Gasteiger partial charge is 0.373 e. The molecule has 140 valence electrons. The lowest BCUT2D eigenvalue weighted by atomic mass is 9.81. The van der Waals surface area contributed by atoms with Gasteiger partial charge in [0.2, 0.25) is 11.8 Å². The first-order chi connectivity index (χ1) is 12.0. The van der Waals surface area contributed by atoms with Gasteiger partial charge in [-0.2, -0.15) is 26.3 Å². The van der Waals surface area contributed by atoms with E-state index in [9.17, 15) is 35.9 Å². The Hall–Kier alpha value is -2.10. The van der Waals surface area contributed by atoms with Gasteiger partial charge in [0.1, 0.15) is 0 Å². The normalized spacial score (nSPS) is 31.1. The van der Waals surface area contributed by atoms with Gasteiger partial charge in [-0.25, -0.2) is 4.90 Å². The summed E-state index contributed by atoms with van der Waals surface area (Å²) in [4.78, 5) is 25.6. The fourth-order valence-corrected chi connectivity index (χ4v) is 4.03. The first kappa shape index (κ1) is 17.3. The summed E-state index contributed by atoms with van der Waals surface area (Å²) in [5, 5.41) is 0. The summed E-state index contributed by atoms with van der Waals surface area (Å²) in [6.07, 6.45) is -10.1. The molecule has 0 spiro atoms. The molecule has 2 bridgehead atoms. The van der Waals surface area contributed by atoms with E-state index in [1.54, 1.807) is 0 Å². The first-order valence-electron chi connectivity index (χ1n) is 7.81. The molecular formula is C16H11F6NO3. The van der Waals surface area contributed by atoms with Crippen molar-refractivity contribution in [3.63, 3.8) is 0 Å². The molecule has 0 radical (unpaired) electrons. The van der Waals surface area contributed by atoms with Crippen LogP contribution in [0.25, 0.3) is 0 Å². The maximum atomic E-state index is 13.0. The van der Waals surface area contributed by atoms with Crippen LogP contribution in [0.5, 0.6) is 0 Å². The molecule has 4 rings (SSSR count). The summed E-state index contributed by atoms with van der Waals surface area (Å²) in [6, 6.07) is 0.756. The van der Waals surface area contributed by atoms with Crippen LogP contribution in [-0.2, 0) is 26.7 Å². The van der Waals surface area contributed by atoms with Crippen molar-refractivity contribution < 1.29 is 40.7 Å². The van der Waals surface area contributed by atoms with E-state index in [-0.39, 0.29) is 6.07 Å². The van der Waals surface area contributed by atoms with Crippen LogP contribution < -0.4 is 4.90 Å². The molecule has 26 heavy (non-hydrogen) atoms. The standard InChI is InChI=1S/C16H11F6NO3/c17-15(18,19)6-3-7(16(20,21)22)5-8(4-6)23-13(24)11-9-1-2-10(26-9)12(11)14(23)25/h3-5,9-12H,1-2H2/t9-,10+,11+,12-. The third kappa shape index (κ3) is 2.42. The Morgan fingerprint density at radius 2 is 1.23 bits per heavy atom. The lowest BCUT2D eigenvalue weighted by molar-refractivity contribution is -0.143. The van der Waals surface area contributed by atoms with Crippen molar-refractivity contribution >= 4 is 17.5 Å². The Kier molecular flexibility index (Phi) is 3.47. The SMILES string of the molecule is O=C1[C@@H]2[C@H](C(=O)N1c1cc(C(F)(F)F)cc(C(F)(F)F)c1)[C@@H]1CC[C@H]2O1. The van der Waals surface area contributed by atoms with Gasteiger partial charge in [0.15, 0.2) is 0 Å². The lowest BCUT2D eigenvalue weighted by Crippen LogP contribution is -2.34. The van der Waals surface area contributed by atoms with Crippen LogP contribution in [0.3, 0.4) is 0 Å². The molecule has 1 aromatic carbocycles. The van der Waals surface area contributed by atoms with Gasteiger partial charge in [-0.3, -0.25) is 9.59 Å². The average molecular weight is 379 g/mol. The van der Waals surface area contributed by atoms with Gasteiger partial charge < -0.3 is 4.74 Å². The number of amides is 2. The number of ether oxygens (including phenoxy) is 1. The molecule has 1 aromatic rings. The zero-order chi connectivity index (χ0) is 19.0. The maximum Gasteiger partial charge on any atom is 0.416 e. The average Bonchev–Trinajstić information content (AvgIpc) is 3.19. The number of anilines is 1. The topological polar surface area (TPSA) is 46.6 Å². The molecule has 3 fully saturated rings. The zero-order valence-corrected chi connectivity index (χ0v) is 12.9. The predicted octanol–water partition coefficient (Wildman–Crippen LogP) is 3.39. The van der Waals surface area contributed by atoms with Crippen molar-refractivity contribution in [2.75, 3.05) is 4.90 Å². The molecule has 4 nitrogen and oxygen atoms in total. The molecule has 0 N–H and O–H groups in total. The summed E-state index contributed by atoms with van der Waals surface area (Å²) >= 11 is 0. The number of carbonyl (C=O) groups excluding carboxylic acids is 2. The predicted molar refractivity (Wildman–Crippen MR) is 73.8 cm³/mol. The molecule has 3 aliphatic heterocycles. The molecule has 0 aliphatic carbocycles. The second-order valence-electron chi connectivity index (χ2n) is 6.62. The number of imide groups is 1. The van der Waals surface area contributed by atoms with E-state index < -0.39 is 65.0 Å². The second-order valence-corrected chi connectivity index (χ2v) is 6.62. The van der Waals surface area contributed by atoms with E-state index in [4.69, 9.17) is 4.74 Å². The van der Waals surface area contributed by atoms with E-state index >= 15 is 0 Å². The molecule has 3 aliphatic rings. The van der Waals surface area contributed by atoms with Crippen LogP contribution in [0.1, 0.15) is 24.0 Å². The second kappa shape index (κ2) is 5.21. The minimum absolute atomic E-state index is 0.0395. The largest absolute Gasteiger partial charge is 0.416 e. The van der Waals surface area contributed by atoms with Gasteiger partial charge in [0.05, 0.1) is 40.9 Å².